The number of aliphatic hydroxyl groups is 2. The van der Waals surface area contributed by atoms with E-state index in [0.717, 1.165) is 126 Å². The minimum atomic E-state index is -0.879. The van der Waals surface area contributed by atoms with Gasteiger partial charge in [0.25, 0.3) is 0 Å². The molecule has 2 saturated heterocycles. The van der Waals surface area contributed by atoms with Gasteiger partial charge in [-0.2, -0.15) is 9.61 Å². The van der Waals surface area contributed by atoms with Crippen LogP contribution >= 0.6 is 11.3 Å². The van der Waals surface area contributed by atoms with Crippen molar-refractivity contribution in [2.24, 2.45) is 5.41 Å². The van der Waals surface area contributed by atoms with Crippen LogP contribution in [0.25, 0.3) is 38.5 Å². The number of β-amino-alcohol motifs (C(OH)–C–C–N with tert-alkyl or cyclic N) is 2. The number of ether oxygens (including phenoxy) is 1. The Balaban J connectivity index is 0.875. The number of aryl methyl sites for hydroxylation is 3. The summed E-state index contributed by atoms with van der Waals surface area (Å²) in [5.74, 6) is 0.611. The number of carbonyl (C=O) groups excluding carboxylic acids is 3. The molecule has 0 spiro atoms. The first-order valence-electron chi connectivity index (χ1n) is 25.5. The van der Waals surface area contributed by atoms with Gasteiger partial charge in [-0.15, -0.1) is 11.3 Å². The van der Waals surface area contributed by atoms with E-state index in [1.54, 1.807) is 11.3 Å². The molecule has 0 bridgehead atoms. The Morgan fingerprint density at radius 2 is 1.62 bits per heavy atom. The molecule has 0 radical (unpaired) electrons. The van der Waals surface area contributed by atoms with Gasteiger partial charge in [-0.25, -0.2) is 9.97 Å². The van der Waals surface area contributed by atoms with Crippen LogP contribution in [-0.2, 0) is 27.3 Å². The minimum Gasteiger partial charge on any atom is -0.493 e. The Bertz CT molecular complexity index is 2820. The number of unbranched alkanes of at least 4 members (excludes halogenated alkanes) is 4. The van der Waals surface area contributed by atoms with Crippen LogP contribution in [0.4, 0.5) is 5.82 Å². The van der Waals surface area contributed by atoms with E-state index in [1.807, 2.05) is 62.0 Å². The molecule has 3 aromatic carbocycles. The normalized spacial score (nSPS) is 16.8. The molecular weight excluding hydrogens is 927 g/mol. The van der Waals surface area contributed by atoms with Crippen molar-refractivity contribution in [2.75, 3.05) is 57.4 Å². The summed E-state index contributed by atoms with van der Waals surface area (Å²) in [6.07, 6.45) is 5.32. The van der Waals surface area contributed by atoms with Crippen LogP contribution in [0.1, 0.15) is 88.7 Å². The third-order valence-corrected chi connectivity index (χ3v) is 14.8. The Labute approximate surface area is 427 Å². The molecule has 0 unspecified atom stereocenters. The lowest BCUT2D eigenvalue weighted by Crippen LogP contribution is -2.57. The monoisotopic (exact) mass is 998 g/mol. The van der Waals surface area contributed by atoms with Crippen molar-refractivity contribution in [3.8, 4) is 38.6 Å². The summed E-state index contributed by atoms with van der Waals surface area (Å²) in [7, 11) is 0. The van der Waals surface area contributed by atoms with E-state index < -0.39 is 29.5 Å². The lowest BCUT2D eigenvalue weighted by Gasteiger charge is -2.35. The molecule has 2 fully saturated rings. The van der Waals surface area contributed by atoms with E-state index in [4.69, 9.17) is 14.8 Å². The highest BCUT2D eigenvalue weighted by atomic mass is 32.1. The number of rotatable bonds is 20. The molecule has 6 aromatic rings. The lowest BCUT2D eigenvalue weighted by atomic mass is 9.85. The van der Waals surface area contributed by atoms with Crippen LogP contribution in [0, 0.1) is 19.3 Å². The molecular formula is C56H71N9O6S. The summed E-state index contributed by atoms with van der Waals surface area (Å²) in [4.78, 5) is 56.5. The number of fused-ring (bicyclic) bond motifs is 1. The summed E-state index contributed by atoms with van der Waals surface area (Å²) in [6.45, 7) is 16.0. The molecule has 3 atom stereocenters. The van der Waals surface area contributed by atoms with Crippen molar-refractivity contribution in [3.05, 3.63) is 107 Å². The number of likely N-dealkylation sites (tertiary alicyclic amines) is 1. The number of aliphatic hydroxyl groups excluding tert-OH is 2. The number of nitrogens with zero attached hydrogens (tertiary/aromatic N) is 7. The van der Waals surface area contributed by atoms with E-state index in [2.05, 4.69) is 86.9 Å². The predicted molar refractivity (Wildman–Crippen MR) is 284 cm³/mol. The Hall–Kier alpha value is -6.20. The van der Waals surface area contributed by atoms with Crippen LogP contribution in [0.5, 0.6) is 5.75 Å². The standard InChI is InChI=1S/C56H71N9O6S/c1-37-50(41-18-12-10-13-19-41)53-60-46(33-49(65(53)61-37)63-25-23-62(24-26-63)27-28-66)42-20-15-17-40(30-42)16-11-8-7-9-14-29-71-48-31-43(51-38(2)58-36-72-51)21-22-44(48)34-57-54(69)47-32-45(68)35-64(47)55(70)52(56(4,5)6)59-39(3)67/h10,12-13,15,17-22,30-31,33,36,45,47,52,66,68H,7-9,11,14,16,23-29,32,34-35H2,1-6H3,(H,57,69)(H,59,67)/t45-,47+,52-/m1/s1. The second-order valence-corrected chi connectivity index (χ2v) is 21.2. The fraction of sp³-hybridized carbons (Fsp3) is 0.464. The van der Waals surface area contributed by atoms with E-state index in [1.165, 1.54) is 17.4 Å². The van der Waals surface area contributed by atoms with Gasteiger partial charge in [-0.05, 0) is 67.3 Å². The summed E-state index contributed by atoms with van der Waals surface area (Å²) in [5, 5.41) is 31.0. The summed E-state index contributed by atoms with van der Waals surface area (Å²) < 4.78 is 8.49. The van der Waals surface area contributed by atoms with Crippen LogP contribution in [0.15, 0.2) is 84.4 Å². The number of hydrogen-bond acceptors (Lipinski definition) is 12. The molecule has 72 heavy (non-hydrogen) atoms. The molecule has 2 aliphatic rings. The third-order valence-electron chi connectivity index (χ3n) is 13.9. The van der Waals surface area contributed by atoms with Crippen LogP contribution < -0.4 is 20.3 Å². The average molecular weight is 998 g/mol. The topological polar surface area (TPSA) is 178 Å². The van der Waals surface area contributed by atoms with Crippen molar-refractivity contribution in [1.82, 2.24) is 40.0 Å². The van der Waals surface area contributed by atoms with Crippen LogP contribution in [0.2, 0.25) is 0 Å². The highest BCUT2D eigenvalue weighted by molar-refractivity contribution is 7.13. The molecule has 16 heteroatoms. The lowest BCUT2D eigenvalue weighted by molar-refractivity contribution is -0.143. The number of carbonyl (C=O) groups is 3. The molecule has 4 N–H and O–H groups in total. The summed E-state index contributed by atoms with van der Waals surface area (Å²) in [5.41, 5.74) is 11.2. The average Bonchev–Trinajstić information content (AvgIpc) is 4.08. The molecule has 5 heterocycles. The van der Waals surface area contributed by atoms with Gasteiger partial charge in [0.1, 0.15) is 23.7 Å². The quantitative estimate of drug-likeness (QED) is 0.0554. The zero-order valence-electron chi connectivity index (χ0n) is 42.7. The summed E-state index contributed by atoms with van der Waals surface area (Å²) >= 11 is 1.57. The van der Waals surface area contributed by atoms with Crippen LogP contribution in [0.3, 0.4) is 0 Å². The first-order valence-corrected chi connectivity index (χ1v) is 26.4. The maximum Gasteiger partial charge on any atom is 0.246 e. The number of aromatic nitrogens is 4. The molecule has 0 saturated carbocycles. The van der Waals surface area contributed by atoms with E-state index in [9.17, 15) is 24.6 Å². The number of piperazine rings is 1. The van der Waals surface area contributed by atoms with Gasteiger partial charge in [-0.1, -0.05) is 101 Å². The second kappa shape index (κ2) is 23.6. The van der Waals surface area contributed by atoms with E-state index >= 15 is 0 Å². The third kappa shape index (κ3) is 12.5. The Morgan fingerprint density at radius 1 is 0.875 bits per heavy atom. The molecule has 0 aliphatic carbocycles. The van der Waals surface area contributed by atoms with Gasteiger partial charge in [0.2, 0.25) is 17.7 Å². The largest absolute Gasteiger partial charge is 0.493 e. The van der Waals surface area contributed by atoms with Crippen molar-refractivity contribution in [3.63, 3.8) is 0 Å². The number of nitrogens with one attached hydrogen (secondary N) is 2. The molecule has 2 aliphatic heterocycles. The van der Waals surface area contributed by atoms with Gasteiger partial charge in [0.15, 0.2) is 5.65 Å². The molecule has 3 amide bonds. The van der Waals surface area contributed by atoms with Crippen molar-refractivity contribution < 1.29 is 29.3 Å². The van der Waals surface area contributed by atoms with Crippen molar-refractivity contribution >= 4 is 40.5 Å². The maximum atomic E-state index is 13.8. The number of hydrogen-bond donors (Lipinski definition) is 4. The summed E-state index contributed by atoms with van der Waals surface area (Å²) in [6, 6.07) is 25.6. The number of thiazole rings is 1. The zero-order valence-corrected chi connectivity index (χ0v) is 43.5. The number of benzene rings is 3. The van der Waals surface area contributed by atoms with E-state index in [-0.39, 0.29) is 37.9 Å². The SMILES string of the molecule is CC(=O)N[C@H](C(=O)N1C[C@H](O)C[C@H]1C(=O)NCc1ccc(-c2scnc2C)cc1OCCCCCCCc1cccc(-c2cc(N3CCN(CCO)CC3)n3nc(C)c(-c4ccccc4)c3n2)c1)C(C)(C)C. The number of anilines is 1. The van der Waals surface area contributed by atoms with Gasteiger partial charge >= 0.3 is 0 Å². The number of amides is 3. The first kappa shape index (κ1) is 52.1. The predicted octanol–water partition coefficient (Wildman–Crippen LogP) is 7.62. The van der Waals surface area contributed by atoms with Gasteiger partial charge in [0.05, 0.1) is 46.8 Å². The second-order valence-electron chi connectivity index (χ2n) is 20.4. The minimum absolute atomic E-state index is 0.0136. The van der Waals surface area contributed by atoms with Gasteiger partial charge in [0, 0.05) is 81.9 Å². The first-order chi connectivity index (χ1) is 34.7. The van der Waals surface area contributed by atoms with Crippen molar-refractivity contribution in [2.45, 2.75) is 111 Å². The zero-order chi connectivity index (χ0) is 50.9. The molecule has 3 aromatic heterocycles. The fourth-order valence-corrected chi connectivity index (χ4v) is 10.8. The smallest absolute Gasteiger partial charge is 0.246 e. The van der Waals surface area contributed by atoms with Crippen LogP contribution in [-0.4, -0.2) is 128 Å². The Morgan fingerprint density at radius 3 is 2.35 bits per heavy atom. The maximum absolute atomic E-state index is 13.8. The Kier molecular flexibility index (Phi) is 17.1. The highest BCUT2D eigenvalue weighted by Gasteiger charge is 2.44. The fourth-order valence-electron chi connectivity index (χ4n) is 9.97. The van der Waals surface area contributed by atoms with Gasteiger partial charge in [-0.3, -0.25) is 19.3 Å². The van der Waals surface area contributed by atoms with E-state index in [0.29, 0.717) is 18.9 Å². The highest BCUT2D eigenvalue weighted by Crippen LogP contribution is 2.35. The molecule has 382 valence electrons. The molecule has 15 nitrogen and oxygen atoms in total. The van der Waals surface area contributed by atoms with Gasteiger partial charge < -0.3 is 35.4 Å². The van der Waals surface area contributed by atoms with Crippen molar-refractivity contribution in [1.29, 1.82) is 0 Å². The molecule has 8 rings (SSSR count).